The largest absolute Gasteiger partial charge is 0.497 e. The second kappa shape index (κ2) is 7.27. The number of hydrogen-bond donors (Lipinski definition) is 1. The Morgan fingerprint density at radius 1 is 1.08 bits per heavy atom. The van der Waals surface area contributed by atoms with E-state index in [1.807, 2.05) is 6.92 Å². The van der Waals surface area contributed by atoms with Crippen LogP contribution in [0.15, 0.2) is 23.0 Å². The number of rotatable bonds is 1. The fourth-order valence-corrected chi connectivity index (χ4v) is 10.8. The highest BCUT2D eigenvalue weighted by Gasteiger charge is 2.71. The molecule has 3 fully saturated rings. The molecule has 0 unspecified atom stereocenters. The van der Waals surface area contributed by atoms with Gasteiger partial charge in [0.2, 0.25) is 0 Å². The number of esters is 1. The third kappa shape index (κ3) is 2.57. The molecule has 6 rings (SSSR count). The number of carbonyl (C=O) groups is 2. The van der Waals surface area contributed by atoms with Crippen molar-refractivity contribution in [2.24, 2.45) is 50.7 Å². The van der Waals surface area contributed by atoms with Gasteiger partial charge in [0.15, 0.2) is 5.78 Å². The molecule has 0 aromatic carbocycles. The van der Waals surface area contributed by atoms with Crippen molar-refractivity contribution in [1.82, 2.24) is 0 Å². The lowest BCUT2D eigenvalue weighted by Gasteiger charge is -2.68. The molecular formula is C31H44O5. The summed E-state index contributed by atoms with van der Waals surface area (Å²) in [6.07, 6.45) is 7.43. The molecule has 198 valence electrons. The van der Waals surface area contributed by atoms with Crippen LogP contribution < -0.4 is 0 Å². The van der Waals surface area contributed by atoms with Crippen LogP contribution in [0, 0.1) is 50.7 Å². The van der Waals surface area contributed by atoms with Gasteiger partial charge in [0.1, 0.15) is 6.10 Å². The van der Waals surface area contributed by atoms with Crippen LogP contribution >= 0.6 is 0 Å². The number of methoxy groups -OCH3 is 1. The SMILES string of the molecule is COC(=O)[C@]12CC[C@@H](C)[C@H](C)[C@H]1C1=CC[C@@H]3[C@@]4(C)CC(=O)[C@H](O)[C@@]5(C)COC(=C45)C[C@@]3(C)[C@]1(C)CC2. The first-order valence-electron chi connectivity index (χ1n) is 14.2. The molecule has 1 N–H and O–H groups in total. The summed E-state index contributed by atoms with van der Waals surface area (Å²) in [4.78, 5) is 26.6. The van der Waals surface area contributed by atoms with E-state index in [1.165, 1.54) is 11.1 Å². The summed E-state index contributed by atoms with van der Waals surface area (Å²) >= 11 is 0. The predicted molar refractivity (Wildman–Crippen MR) is 137 cm³/mol. The molecule has 0 bridgehead atoms. The van der Waals surface area contributed by atoms with E-state index < -0.39 is 16.9 Å². The number of carbonyl (C=O) groups excluding carboxylic acids is 2. The third-order valence-electron chi connectivity index (χ3n) is 13.0. The van der Waals surface area contributed by atoms with Crippen LogP contribution in [0.3, 0.4) is 0 Å². The zero-order valence-electron chi connectivity index (χ0n) is 23.2. The zero-order valence-corrected chi connectivity index (χ0v) is 23.2. The highest BCUT2D eigenvalue weighted by atomic mass is 16.5. The van der Waals surface area contributed by atoms with E-state index >= 15 is 0 Å². The Bertz CT molecular complexity index is 1100. The molecule has 0 spiro atoms. The molecule has 5 heteroatoms. The van der Waals surface area contributed by atoms with Crippen LogP contribution in [0.4, 0.5) is 0 Å². The Morgan fingerprint density at radius 2 is 1.81 bits per heavy atom. The Morgan fingerprint density at radius 3 is 2.50 bits per heavy atom. The topological polar surface area (TPSA) is 72.8 Å². The summed E-state index contributed by atoms with van der Waals surface area (Å²) in [6, 6.07) is 0. The van der Waals surface area contributed by atoms with E-state index in [0.29, 0.717) is 24.9 Å². The fourth-order valence-electron chi connectivity index (χ4n) is 10.8. The lowest BCUT2D eigenvalue weighted by atomic mass is 9.35. The van der Waals surface area contributed by atoms with Crippen LogP contribution in [-0.2, 0) is 19.1 Å². The lowest BCUT2D eigenvalue weighted by molar-refractivity contribution is -0.173. The number of ketones is 1. The van der Waals surface area contributed by atoms with E-state index in [0.717, 1.165) is 44.3 Å². The van der Waals surface area contributed by atoms with E-state index in [2.05, 4.69) is 40.7 Å². The first-order valence-corrected chi connectivity index (χ1v) is 14.2. The van der Waals surface area contributed by atoms with Crippen LogP contribution in [0.25, 0.3) is 0 Å². The van der Waals surface area contributed by atoms with E-state index in [1.54, 1.807) is 7.11 Å². The van der Waals surface area contributed by atoms with Gasteiger partial charge in [-0.15, -0.1) is 0 Å². The molecule has 6 aliphatic rings. The fraction of sp³-hybridized carbons (Fsp3) is 0.806. The summed E-state index contributed by atoms with van der Waals surface area (Å²) in [5.41, 5.74) is 1.12. The van der Waals surface area contributed by atoms with Crippen molar-refractivity contribution in [1.29, 1.82) is 0 Å². The standard InChI is InChI=1S/C31H44O5/c1-17-10-11-31(26(34)35-7)13-12-29(5)19(23(31)18(17)2)8-9-22-27(3)14-20(32)25(33)28(4)16-36-21(24(27)28)15-30(22,29)6/h8,17-18,22-23,25,33H,9-16H2,1-7H3/t17-,18+,22-,23+,25+,27-,28+,29-,30-,31+/m1/s1. The van der Waals surface area contributed by atoms with Gasteiger partial charge >= 0.3 is 5.97 Å². The van der Waals surface area contributed by atoms with Gasteiger partial charge in [-0.25, -0.2) is 0 Å². The van der Waals surface area contributed by atoms with Gasteiger partial charge in [-0.05, 0) is 79.1 Å². The zero-order chi connectivity index (χ0) is 26.1. The number of ether oxygens (including phenoxy) is 2. The summed E-state index contributed by atoms with van der Waals surface area (Å²) < 4.78 is 11.9. The average Bonchev–Trinajstić information content (AvgIpc) is 3.18. The first kappa shape index (κ1) is 24.7. The van der Waals surface area contributed by atoms with Crippen molar-refractivity contribution in [3.8, 4) is 0 Å². The molecule has 0 amide bonds. The molecule has 0 aromatic heterocycles. The molecule has 1 heterocycles. The van der Waals surface area contributed by atoms with Crippen LogP contribution in [0.1, 0.15) is 86.5 Å². The third-order valence-corrected chi connectivity index (χ3v) is 13.0. The van der Waals surface area contributed by atoms with Gasteiger partial charge in [0.05, 0.1) is 30.3 Å². The second-order valence-corrected chi connectivity index (χ2v) is 14.3. The van der Waals surface area contributed by atoms with E-state index in [4.69, 9.17) is 9.47 Å². The van der Waals surface area contributed by atoms with Crippen LogP contribution in [-0.4, -0.2) is 36.7 Å². The van der Waals surface area contributed by atoms with Gasteiger partial charge in [0.25, 0.3) is 0 Å². The molecule has 0 radical (unpaired) electrons. The van der Waals surface area contributed by atoms with Crippen LogP contribution in [0.5, 0.6) is 0 Å². The van der Waals surface area contributed by atoms with Crippen LogP contribution in [0.2, 0.25) is 0 Å². The summed E-state index contributed by atoms with van der Waals surface area (Å²) in [5, 5.41) is 10.9. The van der Waals surface area contributed by atoms with Gasteiger partial charge in [0, 0.05) is 18.3 Å². The molecule has 1 aliphatic heterocycles. The molecule has 36 heavy (non-hydrogen) atoms. The first-order chi connectivity index (χ1) is 16.8. The molecular weight excluding hydrogens is 452 g/mol. The second-order valence-electron chi connectivity index (χ2n) is 14.3. The van der Waals surface area contributed by atoms with Gasteiger partial charge < -0.3 is 14.6 Å². The maximum atomic E-state index is 13.4. The molecule has 10 atom stereocenters. The molecule has 0 aromatic rings. The summed E-state index contributed by atoms with van der Waals surface area (Å²) in [6.45, 7) is 14.3. The molecule has 3 saturated carbocycles. The number of hydrogen-bond acceptors (Lipinski definition) is 5. The molecule has 0 saturated heterocycles. The highest BCUT2D eigenvalue weighted by molar-refractivity contribution is 5.88. The highest BCUT2D eigenvalue weighted by Crippen LogP contribution is 2.76. The Labute approximate surface area is 216 Å². The normalized spacial score (nSPS) is 53.4. The minimum atomic E-state index is -0.979. The molecule has 5 aliphatic carbocycles. The summed E-state index contributed by atoms with van der Waals surface area (Å²) in [5.74, 6) is 2.42. The maximum Gasteiger partial charge on any atom is 0.312 e. The van der Waals surface area contributed by atoms with Crippen molar-refractivity contribution >= 4 is 11.8 Å². The smallest absolute Gasteiger partial charge is 0.312 e. The predicted octanol–water partition coefficient (Wildman–Crippen LogP) is 5.62. The van der Waals surface area contributed by atoms with E-state index in [9.17, 15) is 14.7 Å². The monoisotopic (exact) mass is 496 g/mol. The minimum absolute atomic E-state index is 0.0242. The number of allylic oxidation sites excluding steroid dienone is 3. The summed E-state index contributed by atoms with van der Waals surface area (Å²) in [7, 11) is 1.55. The van der Waals surface area contributed by atoms with Gasteiger partial charge in [-0.1, -0.05) is 46.3 Å². The van der Waals surface area contributed by atoms with Crippen molar-refractivity contribution in [3.63, 3.8) is 0 Å². The van der Waals surface area contributed by atoms with Crippen molar-refractivity contribution in [2.45, 2.75) is 92.6 Å². The quantitative estimate of drug-likeness (QED) is 0.377. The minimum Gasteiger partial charge on any atom is -0.497 e. The number of aliphatic hydroxyl groups excluding tert-OH is 1. The number of Topliss-reactive ketones (excluding diaryl/α,β-unsaturated/α-hetero) is 1. The Hall–Kier alpha value is -1.62. The number of aliphatic hydroxyl groups is 1. The van der Waals surface area contributed by atoms with Gasteiger partial charge in [-0.2, -0.15) is 0 Å². The Balaban J connectivity index is 1.51. The maximum absolute atomic E-state index is 13.4. The van der Waals surface area contributed by atoms with Crippen molar-refractivity contribution < 1.29 is 24.2 Å². The van der Waals surface area contributed by atoms with Gasteiger partial charge in [-0.3, -0.25) is 9.59 Å². The molecule has 5 nitrogen and oxygen atoms in total. The average molecular weight is 497 g/mol. The lowest BCUT2D eigenvalue weighted by Crippen LogP contribution is -2.64. The van der Waals surface area contributed by atoms with Crippen molar-refractivity contribution in [3.05, 3.63) is 23.0 Å². The van der Waals surface area contributed by atoms with Crippen molar-refractivity contribution in [2.75, 3.05) is 13.7 Å². The number of fused-ring (bicyclic) bond motifs is 6. The van der Waals surface area contributed by atoms with E-state index in [-0.39, 0.29) is 39.8 Å². The Kier molecular flexibility index (Phi) is 4.99.